The molecule has 1 rings (SSSR count). The quantitative estimate of drug-likeness (QED) is 0.625. The number of aromatic nitrogens is 2. The molecule has 3 nitrogen and oxygen atoms in total. The fourth-order valence-corrected chi connectivity index (χ4v) is 1.58. The number of nitrogens with zero attached hydrogens (tertiary/aromatic N) is 2. The van der Waals surface area contributed by atoms with Gasteiger partial charge in [0.15, 0.2) is 0 Å². The van der Waals surface area contributed by atoms with Crippen LogP contribution in [-0.2, 0) is 13.1 Å². The van der Waals surface area contributed by atoms with Crippen LogP contribution >= 0.6 is 0 Å². The lowest BCUT2D eigenvalue weighted by atomic mass is 10.1. The third kappa shape index (κ3) is 4.62. The molecular formula is C14H23N3. The van der Waals surface area contributed by atoms with Gasteiger partial charge < -0.3 is 5.32 Å². The van der Waals surface area contributed by atoms with Crippen LogP contribution in [0.1, 0.15) is 44.9 Å². The number of rotatable bonds is 5. The predicted octanol–water partition coefficient (Wildman–Crippen LogP) is 2.49. The Morgan fingerprint density at radius 1 is 1.47 bits per heavy atom. The van der Waals surface area contributed by atoms with Crippen molar-refractivity contribution in [2.24, 2.45) is 0 Å². The number of hydrogen-bond acceptors (Lipinski definition) is 2. The molecule has 94 valence electrons. The third-order valence-electron chi connectivity index (χ3n) is 2.71. The maximum Gasteiger partial charge on any atom is 0.0537 e. The molecule has 0 atom stereocenters. The standard InChI is InChI=1S/C14H23N3/c1-6-7-8-9-17-12(2)13(11-16-17)10-15-14(3,4)5/h1,11,15H,7-10H2,2-5H3. The van der Waals surface area contributed by atoms with Crippen molar-refractivity contribution in [3.63, 3.8) is 0 Å². The van der Waals surface area contributed by atoms with Gasteiger partial charge >= 0.3 is 0 Å². The van der Waals surface area contributed by atoms with E-state index in [-0.39, 0.29) is 5.54 Å². The SMILES string of the molecule is C#CCCCn1ncc(CNC(C)(C)C)c1C. The topological polar surface area (TPSA) is 29.9 Å². The Morgan fingerprint density at radius 2 is 2.18 bits per heavy atom. The van der Waals surface area contributed by atoms with E-state index in [1.54, 1.807) is 0 Å². The van der Waals surface area contributed by atoms with Gasteiger partial charge in [0.1, 0.15) is 0 Å². The summed E-state index contributed by atoms with van der Waals surface area (Å²) in [5.74, 6) is 2.66. The first-order valence-corrected chi connectivity index (χ1v) is 6.14. The maximum atomic E-state index is 5.24. The first-order chi connectivity index (χ1) is 7.94. The lowest BCUT2D eigenvalue weighted by Crippen LogP contribution is -2.35. The molecule has 0 aliphatic heterocycles. The van der Waals surface area contributed by atoms with Crippen LogP contribution in [0.2, 0.25) is 0 Å². The van der Waals surface area contributed by atoms with Gasteiger partial charge in [-0.3, -0.25) is 4.68 Å². The van der Waals surface area contributed by atoms with Gasteiger partial charge in [0.05, 0.1) is 6.20 Å². The zero-order valence-corrected chi connectivity index (χ0v) is 11.4. The molecule has 0 spiro atoms. The second-order valence-electron chi connectivity index (χ2n) is 5.39. The fraction of sp³-hybridized carbons (Fsp3) is 0.643. The average molecular weight is 233 g/mol. The number of aryl methyl sites for hydroxylation is 1. The van der Waals surface area contributed by atoms with Gasteiger partial charge in [0, 0.05) is 36.3 Å². The second-order valence-corrected chi connectivity index (χ2v) is 5.39. The highest BCUT2D eigenvalue weighted by Gasteiger charge is 2.11. The summed E-state index contributed by atoms with van der Waals surface area (Å²) < 4.78 is 2.04. The molecule has 1 heterocycles. The van der Waals surface area contributed by atoms with E-state index in [1.165, 1.54) is 11.3 Å². The number of hydrogen-bond donors (Lipinski definition) is 1. The zero-order valence-electron chi connectivity index (χ0n) is 11.4. The largest absolute Gasteiger partial charge is 0.308 e. The summed E-state index contributed by atoms with van der Waals surface area (Å²) in [6.07, 6.45) is 9.00. The normalized spacial score (nSPS) is 11.5. The highest BCUT2D eigenvalue weighted by Crippen LogP contribution is 2.10. The summed E-state index contributed by atoms with van der Waals surface area (Å²) in [4.78, 5) is 0. The molecule has 0 saturated carbocycles. The Morgan fingerprint density at radius 3 is 2.76 bits per heavy atom. The molecule has 0 unspecified atom stereocenters. The minimum absolute atomic E-state index is 0.137. The van der Waals surface area contributed by atoms with Crippen LogP contribution in [0.4, 0.5) is 0 Å². The fourth-order valence-electron chi connectivity index (χ4n) is 1.58. The van der Waals surface area contributed by atoms with Crippen molar-refractivity contribution in [1.29, 1.82) is 0 Å². The maximum absolute atomic E-state index is 5.24. The van der Waals surface area contributed by atoms with Crippen molar-refractivity contribution in [2.45, 2.75) is 59.2 Å². The molecule has 0 aliphatic carbocycles. The number of terminal acetylenes is 1. The van der Waals surface area contributed by atoms with Gasteiger partial charge in [-0.2, -0.15) is 5.10 Å². The summed E-state index contributed by atoms with van der Waals surface area (Å²) in [6.45, 7) is 10.4. The van der Waals surface area contributed by atoms with Gasteiger partial charge in [-0.15, -0.1) is 12.3 Å². The monoisotopic (exact) mass is 233 g/mol. The van der Waals surface area contributed by atoms with E-state index in [0.29, 0.717) is 0 Å². The smallest absolute Gasteiger partial charge is 0.0537 e. The lowest BCUT2D eigenvalue weighted by Gasteiger charge is -2.20. The van der Waals surface area contributed by atoms with Crippen LogP contribution in [-0.4, -0.2) is 15.3 Å². The molecule has 1 N–H and O–H groups in total. The molecule has 0 aliphatic rings. The highest BCUT2D eigenvalue weighted by molar-refractivity contribution is 5.16. The Hall–Kier alpha value is -1.27. The van der Waals surface area contributed by atoms with Crippen molar-refractivity contribution in [2.75, 3.05) is 0 Å². The molecular weight excluding hydrogens is 210 g/mol. The number of unbranched alkanes of at least 4 members (excludes halogenated alkanes) is 1. The Kier molecular flexibility index (Phi) is 4.77. The van der Waals surface area contributed by atoms with Crippen LogP contribution in [0, 0.1) is 19.3 Å². The van der Waals surface area contributed by atoms with Gasteiger partial charge in [-0.05, 0) is 34.1 Å². The molecule has 0 bridgehead atoms. The van der Waals surface area contributed by atoms with Gasteiger partial charge in [-0.1, -0.05) is 0 Å². The first kappa shape index (κ1) is 13.8. The van der Waals surface area contributed by atoms with E-state index in [2.05, 4.69) is 44.0 Å². The molecule has 0 saturated heterocycles. The average Bonchev–Trinajstić information content (AvgIpc) is 2.57. The Labute approximate surface area is 105 Å². The molecule has 17 heavy (non-hydrogen) atoms. The van der Waals surface area contributed by atoms with Gasteiger partial charge in [0.2, 0.25) is 0 Å². The summed E-state index contributed by atoms with van der Waals surface area (Å²) in [5, 5.41) is 7.87. The summed E-state index contributed by atoms with van der Waals surface area (Å²) >= 11 is 0. The van der Waals surface area contributed by atoms with Gasteiger partial charge in [-0.25, -0.2) is 0 Å². The molecule has 3 heteroatoms. The minimum atomic E-state index is 0.137. The van der Waals surface area contributed by atoms with E-state index in [1.807, 2.05) is 10.9 Å². The van der Waals surface area contributed by atoms with E-state index in [4.69, 9.17) is 6.42 Å². The van der Waals surface area contributed by atoms with Crippen LogP contribution < -0.4 is 5.32 Å². The van der Waals surface area contributed by atoms with Crippen molar-refractivity contribution >= 4 is 0 Å². The Bertz CT molecular complexity index is 391. The predicted molar refractivity (Wildman–Crippen MR) is 71.6 cm³/mol. The van der Waals surface area contributed by atoms with Crippen molar-refractivity contribution < 1.29 is 0 Å². The third-order valence-corrected chi connectivity index (χ3v) is 2.71. The molecule has 0 radical (unpaired) electrons. The molecule has 0 amide bonds. The molecule has 1 aromatic heterocycles. The van der Waals surface area contributed by atoms with E-state index in [9.17, 15) is 0 Å². The highest BCUT2D eigenvalue weighted by atomic mass is 15.3. The minimum Gasteiger partial charge on any atom is -0.308 e. The lowest BCUT2D eigenvalue weighted by molar-refractivity contribution is 0.423. The first-order valence-electron chi connectivity index (χ1n) is 6.14. The van der Waals surface area contributed by atoms with E-state index < -0.39 is 0 Å². The van der Waals surface area contributed by atoms with Crippen molar-refractivity contribution in [1.82, 2.24) is 15.1 Å². The van der Waals surface area contributed by atoms with Gasteiger partial charge in [0.25, 0.3) is 0 Å². The van der Waals surface area contributed by atoms with E-state index in [0.717, 1.165) is 25.9 Å². The van der Waals surface area contributed by atoms with Crippen LogP contribution in [0.25, 0.3) is 0 Å². The van der Waals surface area contributed by atoms with E-state index >= 15 is 0 Å². The molecule has 0 aromatic carbocycles. The summed E-state index contributed by atoms with van der Waals surface area (Å²) in [6, 6.07) is 0. The second kappa shape index (κ2) is 5.88. The zero-order chi connectivity index (χ0) is 12.9. The van der Waals surface area contributed by atoms with Crippen LogP contribution in [0.15, 0.2) is 6.20 Å². The van der Waals surface area contributed by atoms with Crippen LogP contribution in [0.3, 0.4) is 0 Å². The summed E-state index contributed by atoms with van der Waals surface area (Å²) in [7, 11) is 0. The molecule has 0 fully saturated rings. The van der Waals surface area contributed by atoms with Crippen molar-refractivity contribution in [3.05, 3.63) is 17.5 Å². The Balaban J connectivity index is 2.55. The number of nitrogens with one attached hydrogen (secondary N) is 1. The van der Waals surface area contributed by atoms with Crippen LogP contribution in [0.5, 0.6) is 0 Å². The van der Waals surface area contributed by atoms with Crippen molar-refractivity contribution in [3.8, 4) is 12.3 Å². The molecule has 1 aromatic rings. The summed E-state index contributed by atoms with van der Waals surface area (Å²) in [5.41, 5.74) is 2.64.